The summed E-state index contributed by atoms with van der Waals surface area (Å²) in [6.07, 6.45) is 1.24. The standard InChI is InChI=1S/C21H18Br2N4O6/c1-3-4-18-25-16-6-5-13(22)9-14(16)20(28)26(18)24-10-12-7-15(23)19(17(8-12)27(31)32)33-11(2)21(29)30/h5-11H,3-4H2,1-2H3,(H,29,30)/t11-/m1/s1. The van der Waals surface area contributed by atoms with Gasteiger partial charge in [-0.3, -0.25) is 14.9 Å². The molecule has 12 heteroatoms. The number of fused-ring (bicyclic) bond motifs is 1. The van der Waals surface area contributed by atoms with E-state index in [0.29, 0.717) is 28.7 Å². The predicted molar refractivity (Wildman–Crippen MR) is 129 cm³/mol. The Bertz CT molecular complexity index is 1340. The van der Waals surface area contributed by atoms with E-state index in [1.807, 2.05) is 6.92 Å². The fourth-order valence-electron chi connectivity index (χ4n) is 2.98. The Morgan fingerprint density at radius 2 is 2.09 bits per heavy atom. The molecule has 1 heterocycles. The van der Waals surface area contributed by atoms with Crippen molar-refractivity contribution in [2.75, 3.05) is 0 Å². The Labute approximate surface area is 204 Å². The van der Waals surface area contributed by atoms with Crippen molar-refractivity contribution in [2.45, 2.75) is 32.8 Å². The first-order valence-electron chi connectivity index (χ1n) is 9.75. The number of aliphatic carboxylic acids is 1. The van der Waals surface area contributed by atoms with E-state index in [1.54, 1.807) is 18.2 Å². The molecule has 0 saturated heterocycles. The summed E-state index contributed by atoms with van der Waals surface area (Å²) in [7, 11) is 0. The first-order valence-corrected chi connectivity index (χ1v) is 11.3. The topological polar surface area (TPSA) is 137 Å². The van der Waals surface area contributed by atoms with Crippen LogP contribution in [0.5, 0.6) is 5.75 Å². The molecule has 2 aromatic carbocycles. The van der Waals surface area contributed by atoms with Crippen molar-refractivity contribution in [3.05, 3.63) is 71.1 Å². The third-order valence-electron chi connectivity index (χ3n) is 4.56. The van der Waals surface area contributed by atoms with Gasteiger partial charge < -0.3 is 9.84 Å². The molecule has 0 aliphatic rings. The lowest BCUT2D eigenvalue weighted by Gasteiger charge is -2.13. The monoisotopic (exact) mass is 580 g/mol. The summed E-state index contributed by atoms with van der Waals surface area (Å²) in [6, 6.07) is 7.86. The van der Waals surface area contributed by atoms with Gasteiger partial charge in [-0.05, 0) is 53.5 Å². The Hall–Kier alpha value is -3.12. The number of aryl methyl sites for hydroxylation is 1. The van der Waals surface area contributed by atoms with E-state index >= 15 is 0 Å². The van der Waals surface area contributed by atoms with Gasteiger partial charge in [0.1, 0.15) is 5.82 Å². The molecule has 0 unspecified atom stereocenters. The molecule has 0 radical (unpaired) electrons. The van der Waals surface area contributed by atoms with Crippen LogP contribution >= 0.6 is 31.9 Å². The zero-order chi connectivity index (χ0) is 24.3. The van der Waals surface area contributed by atoms with Crippen molar-refractivity contribution in [1.82, 2.24) is 9.66 Å². The van der Waals surface area contributed by atoms with Crippen molar-refractivity contribution in [1.29, 1.82) is 0 Å². The summed E-state index contributed by atoms with van der Waals surface area (Å²) in [5, 5.41) is 25.2. The highest BCUT2D eigenvalue weighted by atomic mass is 79.9. The molecule has 172 valence electrons. The Morgan fingerprint density at radius 3 is 2.73 bits per heavy atom. The molecule has 1 atom stereocenters. The lowest BCUT2D eigenvalue weighted by molar-refractivity contribution is -0.386. The maximum atomic E-state index is 13.1. The lowest BCUT2D eigenvalue weighted by atomic mass is 10.2. The first-order chi connectivity index (χ1) is 15.6. The van der Waals surface area contributed by atoms with Gasteiger partial charge in [0.2, 0.25) is 5.75 Å². The van der Waals surface area contributed by atoms with Gasteiger partial charge in [0.05, 0.1) is 26.5 Å². The molecule has 3 aromatic rings. The molecule has 0 aliphatic carbocycles. The summed E-state index contributed by atoms with van der Waals surface area (Å²) in [6.45, 7) is 3.21. The number of hydrogen-bond donors (Lipinski definition) is 1. The first kappa shape index (κ1) is 24.5. The van der Waals surface area contributed by atoms with Gasteiger partial charge in [0.25, 0.3) is 5.56 Å². The molecular weight excluding hydrogens is 564 g/mol. The lowest BCUT2D eigenvalue weighted by Crippen LogP contribution is -2.23. The van der Waals surface area contributed by atoms with Gasteiger partial charge in [-0.2, -0.15) is 9.78 Å². The molecule has 0 spiro atoms. The van der Waals surface area contributed by atoms with Crippen LogP contribution in [0.2, 0.25) is 0 Å². The number of hydrogen-bond acceptors (Lipinski definition) is 7. The second kappa shape index (κ2) is 10.2. The maximum Gasteiger partial charge on any atom is 0.344 e. The molecule has 1 N–H and O–H groups in total. The molecule has 0 aliphatic heterocycles. The molecule has 0 saturated carbocycles. The van der Waals surface area contributed by atoms with Gasteiger partial charge in [0.15, 0.2) is 6.10 Å². The van der Waals surface area contributed by atoms with Crippen LogP contribution in [0.25, 0.3) is 10.9 Å². The van der Waals surface area contributed by atoms with Crippen LogP contribution in [0.1, 0.15) is 31.7 Å². The number of nitro benzene ring substituents is 1. The second-order valence-electron chi connectivity index (χ2n) is 7.01. The summed E-state index contributed by atoms with van der Waals surface area (Å²) >= 11 is 6.54. The number of carboxylic acid groups (broad SMARTS) is 1. The van der Waals surface area contributed by atoms with E-state index in [2.05, 4.69) is 41.9 Å². The molecule has 0 bridgehead atoms. The average molecular weight is 582 g/mol. The van der Waals surface area contributed by atoms with E-state index in [9.17, 15) is 19.7 Å². The van der Waals surface area contributed by atoms with Crippen LogP contribution in [0.4, 0.5) is 5.69 Å². The quantitative estimate of drug-likeness (QED) is 0.234. The summed E-state index contributed by atoms with van der Waals surface area (Å²) in [4.78, 5) is 39.6. The zero-order valence-electron chi connectivity index (χ0n) is 17.5. The summed E-state index contributed by atoms with van der Waals surface area (Å²) in [5.41, 5.74) is 0.0311. The van der Waals surface area contributed by atoms with Crippen molar-refractivity contribution in [3.63, 3.8) is 0 Å². The minimum atomic E-state index is -1.29. The number of benzene rings is 2. The summed E-state index contributed by atoms with van der Waals surface area (Å²) in [5.74, 6) is -1.02. The highest BCUT2D eigenvalue weighted by Crippen LogP contribution is 2.36. The van der Waals surface area contributed by atoms with Crippen LogP contribution in [0, 0.1) is 10.1 Å². The van der Waals surface area contributed by atoms with Crippen LogP contribution < -0.4 is 10.3 Å². The second-order valence-corrected chi connectivity index (χ2v) is 8.78. The van der Waals surface area contributed by atoms with E-state index in [4.69, 9.17) is 9.84 Å². The SMILES string of the molecule is CCCc1nc2ccc(Br)cc2c(=O)n1N=Cc1cc(Br)c(O[C@H](C)C(=O)O)c([N+](=O)[O-])c1. The van der Waals surface area contributed by atoms with Crippen LogP contribution in [0.15, 0.2) is 49.2 Å². The van der Waals surface area contributed by atoms with Crippen LogP contribution in [-0.4, -0.2) is 38.0 Å². The number of carboxylic acids is 1. The average Bonchev–Trinajstić information content (AvgIpc) is 2.75. The molecule has 0 amide bonds. The molecule has 10 nitrogen and oxygen atoms in total. The largest absolute Gasteiger partial charge is 0.479 e. The normalized spacial score (nSPS) is 12.2. The van der Waals surface area contributed by atoms with Gasteiger partial charge in [-0.25, -0.2) is 9.78 Å². The smallest absolute Gasteiger partial charge is 0.344 e. The molecule has 3 rings (SSSR count). The minimum Gasteiger partial charge on any atom is -0.479 e. The molecule has 1 aromatic heterocycles. The van der Waals surface area contributed by atoms with Crippen LogP contribution in [-0.2, 0) is 11.2 Å². The Balaban J connectivity index is 2.10. The zero-order valence-corrected chi connectivity index (χ0v) is 20.7. The van der Waals surface area contributed by atoms with Gasteiger partial charge in [-0.1, -0.05) is 22.9 Å². The van der Waals surface area contributed by atoms with E-state index in [0.717, 1.165) is 10.9 Å². The molecule has 33 heavy (non-hydrogen) atoms. The van der Waals surface area contributed by atoms with E-state index in [-0.39, 0.29) is 15.8 Å². The molecule has 0 fully saturated rings. The number of halogens is 2. The number of ether oxygens (including phenoxy) is 1. The Morgan fingerprint density at radius 1 is 1.36 bits per heavy atom. The van der Waals surface area contributed by atoms with Crippen molar-refractivity contribution >= 4 is 60.6 Å². The third-order valence-corrected chi connectivity index (χ3v) is 5.64. The fourth-order valence-corrected chi connectivity index (χ4v) is 3.90. The minimum absolute atomic E-state index is 0.174. The number of aromatic nitrogens is 2. The van der Waals surface area contributed by atoms with Gasteiger partial charge in [-0.15, -0.1) is 0 Å². The van der Waals surface area contributed by atoms with Crippen molar-refractivity contribution in [2.24, 2.45) is 5.10 Å². The van der Waals surface area contributed by atoms with E-state index < -0.39 is 22.7 Å². The summed E-state index contributed by atoms with van der Waals surface area (Å²) < 4.78 is 7.31. The number of nitro groups is 1. The van der Waals surface area contributed by atoms with Crippen molar-refractivity contribution in [3.8, 4) is 5.75 Å². The maximum absolute atomic E-state index is 13.1. The van der Waals surface area contributed by atoms with E-state index in [1.165, 1.54) is 29.9 Å². The van der Waals surface area contributed by atoms with Gasteiger partial charge in [0, 0.05) is 22.5 Å². The number of nitrogens with zero attached hydrogens (tertiary/aromatic N) is 4. The highest BCUT2D eigenvalue weighted by Gasteiger charge is 2.24. The fraction of sp³-hybridized carbons (Fsp3) is 0.238. The third kappa shape index (κ3) is 5.45. The predicted octanol–water partition coefficient (Wildman–Crippen LogP) is 4.52. The van der Waals surface area contributed by atoms with Gasteiger partial charge >= 0.3 is 11.7 Å². The molecular formula is C21H18Br2N4O6. The number of carbonyl (C=O) groups is 1. The van der Waals surface area contributed by atoms with Crippen LogP contribution in [0.3, 0.4) is 0 Å². The highest BCUT2D eigenvalue weighted by molar-refractivity contribution is 9.10. The van der Waals surface area contributed by atoms with Crippen molar-refractivity contribution < 1.29 is 19.6 Å². The Kier molecular flexibility index (Phi) is 7.59. The number of rotatable bonds is 8.